The van der Waals surface area contributed by atoms with Crippen molar-refractivity contribution in [2.24, 2.45) is 0 Å². The van der Waals surface area contributed by atoms with Crippen LogP contribution in [0, 0.1) is 0 Å². The second kappa shape index (κ2) is 5.98. The topological polar surface area (TPSA) is 29.5 Å². The maximum atomic E-state index is 10.9. The predicted molar refractivity (Wildman–Crippen MR) is 61.6 cm³/mol. The first-order valence-electron chi connectivity index (χ1n) is 5.02. The summed E-state index contributed by atoms with van der Waals surface area (Å²) >= 11 is 0. The number of ether oxygens (including phenoxy) is 1. The van der Waals surface area contributed by atoms with Crippen molar-refractivity contribution >= 4 is 14.2 Å². The largest absolute Gasteiger partial charge is 0.465 e. The molecule has 0 unspecified atom stereocenters. The van der Waals surface area contributed by atoms with Crippen molar-refractivity contribution in [2.75, 3.05) is 19.3 Å². The van der Waals surface area contributed by atoms with E-state index >= 15 is 0 Å². The first-order chi connectivity index (χ1) is 6.47. The second-order valence-electron chi connectivity index (χ2n) is 3.80. The third kappa shape index (κ3) is 4.06. The highest BCUT2D eigenvalue weighted by atomic mass is 28.3. The number of hydrogen-bond donors (Lipinski definition) is 0. The molecule has 0 saturated heterocycles. The summed E-state index contributed by atoms with van der Waals surface area (Å²) in [7, 11) is -1.57. The molecule has 14 heavy (non-hydrogen) atoms. The van der Waals surface area contributed by atoms with Crippen LogP contribution in [0.5, 0.6) is 0 Å². The van der Waals surface area contributed by atoms with E-state index in [0.717, 1.165) is 13.1 Å². The van der Waals surface area contributed by atoms with Gasteiger partial charge in [0.1, 0.15) is 0 Å². The number of rotatable bonds is 6. The van der Waals surface area contributed by atoms with Gasteiger partial charge in [0.2, 0.25) is 0 Å². The van der Waals surface area contributed by atoms with E-state index in [2.05, 4.69) is 38.1 Å². The van der Waals surface area contributed by atoms with E-state index in [1.54, 1.807) is 0 Å². The Labute approximate surface area is 87.8 Å². The molecule has 0 atom stereocenters. The molecule has 0 radical (unpaired) electrons. The molecule has 0 aliphatic rings. The Balaban J connectivity index is 4.17. The van der Waals surface area contributed by atoms with Crippen molar-refractivity contribution in [2.45, 2.75) is 26.9 Å². The fraction of sp³-hybridized carbons (Fsp3) is 0.700. The molecule has 0 spiro atoms. The van der Waals surface area contributed by atoms with Crippen LogP contribution in [0.15, 0.2) is 12.7 Å². The molecule has 0 aromatic carbocycles. The van der Waals surface area contributed by atoms with Gasteiger partial charge in [0.15, 0.2) is 8.24 Å². The molecule has 0 N–H and O–H groups in total. The first-order valence-corrected chi connectivity index (χ1v) is 8.17. The Bertz CT molecular complexity index is 200. The van der Waals surface area contributed by atoms with Crippen LogP contribution in [-0.2, 0) is 9.53 Å². The lowest BCUT2D eigenvalue weighted by Gasteiger charge is -2.34. The normalized spacial score (nSPS) is 11.5. The molecule has 82 valence electrons. The number of nitrogens with zero attached hydrogens (tertiary/aromatic N) is 1. The maximum absolute atomic E-state index is 10.9. The highest BCUT2D eigenvalue weighted by Crippen LogP contribution is 2.09. The summed E-state index contributed by atoms with van der Waals surface area (Å²) in [5, 5.41) is 0. The molecular weight excluding hydrogens is 194 g/mol. The van der Waals surface area contributed by atoms with Gasteiger partial charge in [-0.1, -0.05) is 33.5 Å². The summed E-state index contributed by atoms with van der Waals surface area (Å²) in [5.74, 6) is -0.322. The Morgan fingerprint density at radius 3 is 2.29 bits per heavy atom. The van der Waals surface area contributed by atoms with Crippen LogP contribution < -0.4 is 0 Å². The van der Waals surface area contributed by atoms with Crippen molar-refractivity contribution in [3.05, 3.63) is 12.7 Å². The molecule has 4 heteroatoms. The SMILES string of the molecule is C=CC(=O)OC[Si](C)(C)N(CC)CC. The Hall–Kier alpha value is -0.613. The standard InChI is InChI=1S/C10H21NO2Si/c1-6-10(12)13-9-14(4,5)11(7-2)8-3/h6H,1,7-9H2,2-5H3. The molecule has 0 rings (SSSR count). The van der Waals surface area contributed by atoms with Gasteiger partial charge < -0.3 is 9.30 Å². The number of carbonyl (C=O) groups is 1. The molecule has 0 aromatic heterocycles. The fourth-order valence-corrected chi connectivity index (χ4v) is 3.87. The maximum Gasteiger partial charge on any atom is 0.329 e. The van der Waals surface area contributed by atoms with Crippen LogP contribution in [0.25, 0.3) is 0 Å². The molecule has 3 nitrogen and oxygen atoms in total. The first kappa shape index (κ1) is 13.4. The van der Waals surface area contributed by atoms with Crippen molar-refractivity contribution < 1.29 is 9.53 Å². The van der Waals surface area contributed by atoms with E-state index in [4.69, 9.17) is 4.74 Å². The highest BCUT2D eigenvalue weighted by Gasteiger charge is 2.28. The molecular formula is C10H21NO2Si. The van der Waals surface area contributed by atoms with Gasteiger partial charge in [-0.2, -0.15) is 0 Å². The van der Waals surface area contributed by atoms with E-state index < -0.39 is 8.24 Å². The van der Waals surface area contributed by atoms with Gasteiger partial charge in [-0.3, -0.25) is 0 Å². The van der Waals surface area contributed by atoms with Crippen molar-refractivity contribution in [1.82, 2.24) is 4.57 Å². The van der Waals surface area contributed by atoms with E-state index in [1.807, 2.05) is 0 Å². The summed E-state index contributed by atoms with van der Waals surface area (Å²) in [4.78, 5) is 10.9. The summed E-state index contributed by atoms with van der Waals surface area (Å²) in [6.45, 7) is 14.1. The lowest BCUT2D eigenvalue weighted by Crippen LogP contribution is -2.52. The van der Waals surface area contributed by atoms with Gasteiger partial charge in [-0.05, 0) is 13.1 Å². The van der Waals surface area contributed by atoms with Crippen molar-refractivity contribution in [1.29, 1.82) is 0 Å². The van der Waals surface area contributed by atoms with Gasteiger partial charge in [-0.25, -0.2) is 4.79 Å². The van der Waals surface area contributed by atoms with Crippen LogP contribution in [0.1, 0.15) is 13.8 Å². The fourth-order valence-electron chi connectivity index (χ4n) is 1.48. The number of carbonyl (C=O) groups excluding carboxylic acids is 1. The minimum atomic E-state index is -1.57. The third-order valence-corrected chi connectivity index (χ3v) is 5.55. The zero-order valence-corrected chi connectivity index (χ0v) is 10.7. The highest BCUT2D eigenvalue weighted by molar-refractivity contribution is 6.74. The minimum absolute atomic E-state index is 0.322. The lowest BCUT2D eigenvalue weighted by molar-refractivity contribution is -0.136. The minimum Gasteiger partial charge on any atom is -0.465 e. The van der Waals surface area contributed by atoms with Gasteiger partial charge in [0.25, 0.3) is 0 Å². The molecule has 0 saturated carbocycles. The van der Waals surface area contributed by atoms with E-state index in [-0.39, 0.29) is 5.97 Å². The molecule has 0 fully saturated rings. The predicted octanol–water partition coefficient (Wildman–Crippen LogP) is 1.80. The molecule has 0 aliphatic heterocycles. The summed E-state index contributed by atoms with van der Waals surface area (Å²) in [5.41, 5.74) is 0. The average Bonchev–Trinajstić information content (AvgIpc) is 2.15. The molecule has 0 aromatic rings. The van der Waals surface area contributed by atoms with Crippen molar-refractivity contribution in [3.8, 4) is 0 Å². The Kier molecular flexibility index (Phi) is 5.72. The third-order valence-electron chi connectivity index (χ3n) is 2.35. The van der Waals surface area contributed by atoms with Crippen LogP contribution >= 0.6 is 0 Å². The zero-order chi connectivity index (χ0) is 11.2. The van der Waals surface area contributed by atoms with Gasteiger partial charge >= 0.3 is 5.97 Å². The Morgan fingerprint density at radius 1 is 1.43 bits per heavy atom. The molecule has 0 amide bonds. The van der Waals surface area contributed by atoms with Gasteiger partial charge in [-0.15, -0.1) is 0 Å². The second-order valence-corrected chi connectivity index (χ2v) is 8.34. The molecule has 0 bridgehead atoms. The lowest BCUT2D eigenvalue weighted by atomic mass is 10.7. The smallest absolute Gasteiger partial charge is 0.329 e. The van der Waals surface area contributed by atoms with Gasteiger partial charge in [0.05, 0.1) is 6.23 Å². The summed E-state index contributed by atoms with van der Waals surface area (Å²) in [6, 6.07) is 0. The number of esters is 1. The van der Waals surface area contributed by atoms with Crippen molar-refractivity contribution in [3.63, 3.8) is 0 Å². The van der Waals surface area contributed by atoms with Crippen LogP contribution in [0.2, 0.25) is 13.1 Å². The molecule has 0 aliphatic carbocycles. The number of hydrogen-bond acceptors (Lipinski definition) is 3. The van der Waals surface area contributed by atoms with Crippen LogP contribution in [0.4, 0.5) is 0 Å². The van der Waals surface area contributed by atoms with E-state index in [1.165, 1.54) is 6.08 Å². The Morgan fingerprint density at radius 2 is 1.93 bits per heavy atom. The average molecular weight is 215 g/mol. The van der Waals surface area contributed by atoms with E-state index in [0.29, 0.717) is 6.23 Å². The van der Waals surface area contributed by atoms with Crippen LogP contribution in [0.3, 0.4) is 0 Å². The zero-order valence-electron chi connectivity index (χ0n) is 9.67. The summed E-state index contributed by atoms with van der Waals surface area (Å²) in [6.07, 6.45) is 1.76. The quantitative estimate of drug-likeness (QED) is 0.384. The molecule has 0 heterocycles. The summed E-state index contributed by atoms with van der Waals surface area (Å²) < 4.78 is 7.50. The van der Waals surface area contributed by atoms with Crippen LogP contribution in [-0.4, -0.2) is 38.1 Å². The van der Waals surface area contributed by atoms with E-state index in [9.17, 15) is 4.79 Å². The van der Waals surface area contributed by atoms with Gasteiger partial charge in [0, 0.05) is 6.08 Å². The monoisotopic (exact) mass is 215 g/mol.